The van der Waals surface area contributed by atoms with Gasteiger partial charge in [-0.05, 0) is 24.6 Å². The predicted molar refractivity (Wildman–Crippen MR) is 61.7 cm³/mol. The van der Waals surface area contributed by atoms with Crippen LogP contribution in [0.3, 0.4) is 0 Å². The summed E-state index contributed by atoms with van der Waals surface area (Å²) in [6.07, 6.45) is 1.07. The number of aryl methyl sites for hydroxylation is 1. The largest absolute Gasteiger partial charge is 0.357 e. The molecule has 3 nitrogen and oxygen atoms in total. The molecule has 0 saturated carbocycles. The third-order valence-corrected chi connectivity index (χ3v) is 2.42. The minimum atomic E-state index is -0.572. The highest BCUT2D eigenvalue weighted by atomic mass is 19.1. The van der Waals surface area contributed by atoms with Gasteiger partial charge in [0.2, 0.25) is 5.95 Å². The first-order valence-electron chi connectivity index (χ1n) is 5.08. The Morgan fingerprint density at radius 2 is 2.00 bits per heavy atom. The van der Waals surface area contributed by atoms with Crippen LogP contribution in [0.1, 0.15) is 5.56 Å². The van der Waals surface area contributed by atoms with Gasteiger partial charge in [0.05, 0.1) is 6.20 Å². The molecule has 0 bridgehead atoms. The van der Waals surface area contributed by atoms with E-state index in [0.717, 1.165) is 11.8 Å². The third kappa shape index (κ3) is 2.22. The van der Waals surface area contributed by atoms with Crippen molar-refractivity contribution in [3.05, 3.63) is 41.6 Å². The maximum atomic E-state index is 13.6. The molecule has 0 unspecified atom stereocenters. The predicted octanol–water partition coefficient (Wildman–Crippen LogP) is 2.77. The molecular formula is C12H11F2N3. The van der Waals surface area contributed by atoms with Crippen LogP contribution in [0.4, 0.5) is 14.7 Å². The number of hydrogen-bond acceptors (Lipinski definition) is 3. The van der Waals surface area contributed by atoms with Crippen molar-refractivity contribution >= 4 is 5.95 Å². The smallest absolute Gasteiger partial charge is 0.223 e. The third-order valence-electron chi connectivity index (χ3n) is 2.42. The van der Waals surface area contributed by atoms with Crippen LogP contribution in [0.5, 0.6) is 0 Å². The van der Waals surface area contributed by atoms with Crippen molar-refractivity contribution in [2.75, 3.05) is 12.4 Å². The SMILES string of the molecule is CNc1ncc(F)c(-c2cc(F)ccc2C)n1. The molecule has 0 aliphatic heterocycles. The van der Waals surface area contributed by atoms with Crippen LogP contribution in [0.25, 0.3) is 11.3 Å². The fourth-order valence-electron chi connectivity index (χ4n) is 1.53. The van der Waals surface area contributed by atoms with Crippen LogP contribution in [0, 0.1) is 18.6 Å². The Morgan fingerprint density at radius 3 is 2.71 bits per heavy atom. The van der Waals surface area contributed by atoms with E-state index in [9.17, 15) is 8.78 Å². The van der Waals surface area contributed by atoms with E-state index in [1.165, 1.54) is 12.1 Å². The molecule has 1 N–H and O–H groups in total. The summed E-state index contributed by atoms with van der Waals surface area (Å²) in [6.45, 7) is 1.77. The van der Waals surface area contributed by atoms with Gasteiger partial charge in [0.15, 0.2) is 5.82 Å². The summed E-state index contributed by atoms with van der Waals surface area (Å²) in [4.78, 5) is 7.74. The van der Waals surface area contributed by atoms with Crippen molar-refractivity contribution in [3.8, 4) is 11.3 Å². The average Bonchev–Trinajstić information content (AvgIpc) is 2.33. The van der Waals surface area contributed by atoms with E-state index in [4.69, 9.17) is 0 Å². The summed E-state index contributed by atoms with van der Waals surface area (Å²) in [5, 5.41) is 2.72. The molecule has 2 rings (SSSR count). The summed E-state index contributed by atoms with van der Waals surface area (Å²) in [5.41, 5.74) is 1.29. The molecule has 0 aliphatic rings. The quantitative estimate of drug-likeness (QED) is 0.869. The lowest BCUT2D eigenvalue weighted by atomic mass is 10.1. The van der Waals surface area contributed by atoms with Crippen LogP contribution in [-0.2, 0) is 0 Å². The highest BCUT2D eigenvalue weighted by Crippen LogP contribution is 2.25. The first-order valence-corrected chi connectivity index (χ1v) is 5.08. The van der Waals surface area contributed by atoms with Gasteiger partial charge in [0, 0.05) is 12.6 Å². The monoisotopic (exact) mass is 235 g/mol. The Kier molecular flexibility index (Phi) is 2.99. The number of nitrogens with one attached hydrogen (secondary N) is 1. The number of hydrogen-bond donors (Lipinski definition) is 1. The van der Waals surface area contributed by atoms with Gasteiger partial charge in [-0.25, -0.2) is 18.7 Å². The Balaban J connectivity index is 2.62. The molecule has 1 heterocycles. The fourth-order valence-corrected chi connectivity index (χ4v) is 1.53. The number of anilines is 1. The first-order chi connectivity index (χ1) is 8.11. The Bertz CT molecular complexity index is 555. The summed E-state index contributed by atoms with van der Waals surface area (Å²) in [6, 6.07) is 4.18. The van der Waals surface area contributed by atoms with Crippen molar-refractivity contribution in [1.82, 2.24) is 9.97 Å². The fraction of sp³-hybridized carbons (Fsp3) is 0.167. The average molecular weight is 235 g/mol. The van der Waals surface area contributed by atoms with E-state index in [1.807, 2.05) is 0 Å². The summed E-state index contributed by atoms with van der Waals surface area (Å²) < 4.78 is 26.8. The number of benzene rings is 1. The molecule has 0 atom stereocenters. The lowest BCUT2D eigenvalue weighted by molar-refractivity contribution is 0.616. The highest BCUT2D eigenvalue weighted by Gasteiger charge is 2.12. The van der Waals surface area contributed by atoms with Crippen LogP contribution in [0.15, 0.2) is 24.4 Å². The van der Waals surface area contributed by atoms with Crippen LogP contribution >= 0.6 is 0 Å². The van der Waals surface area contributed by atoms with Gasteiger partial charge in [0.1, 0.15) is 11.5 Å². The number of halogens is 2. The van der Waals surface area contributed by atoms with Crippen LogP contribution in [-0.4, -0.2) is 17.0 Å². The molecule has 0 saturated heterocycles. The summed E-state index contributed by atoms with van der Waals surface area (Å²) in [5.74, 6) is -0.697. The summed E-state index contributed by atoms with van der Waals surface area (Å²) >= 11 is 0. The van der Waals surface area contributed by atoms with Crippen molar-refractivity contribution < 1.29 is 8.78 Å². The van der Waals surface area contributed by atoms with E-state index < -0.39 is 11.6 Å². The van der Waals surface area contributed by atoms with E-state index in [0.29, 0.717) is 11.5 Å². The van der Waals surface area contributed by atoms with Crippen molar-refractivity contribution in [2.24, 2.45) is 0 Å². The lowest BCUT2D eigenvalue weighted by Gasteiger charge is -2.07. The zero-order valence-corrected chi connectivity index (χ0v) is 9.46. The van der Waals surface area contributed by atoms with E-state index in [2.05, 4.69) is 15.3 Å². The number of nitrogens with zero attached hydrogens (tertiary/aromatic N) is 2. The molecule has 5 heteroatoms. The first kappa shape index (κ1) is 11.4. The van der Waals surface area contributed by atoms with Crippen molar-refractivity contribution in [1.29, 1.82) is 0 Å². The molecule has 0 radical (unpaired) electrons. The van der Waals surface area contributed by atoms with E-state index in [-0.39, 0.29) is 5.69 Å². The second kappa shape index (κ2) is 4.45. The maximum Gasteiger partial charge on any atom is 0.223 e. The zero-order chi connectivity index (χ0) is 12.4. The molecule has 0 fully saturated rings. The summed E-state index contributed by atoms with van der Waals surface area (Å²) in [7, 11) is 1.63. The Labute approximate surface area is 97.5 Å². The molecule has 0 amide bonds. The van der Waals surface area contributed by atoms with Gasteiger partial charge < -0.3 is 5.32 Å². The van der Waals surface area contributed by atoms with Crippen molar-refractivity contribution in [2.45, 2.75) is 6.92 Å². The Morgan fingerprint density at radius 1 is 1.24 bits per heavy atom. The van der Waals surface area contributed by atoms with Gasteiger partial charge >= 0.3 is 0 Å². The van der Waals surface area contributed by atoms with E-state index >= 15 is 0 Å². The standard InChI is InChI=1S/C12H11F2N3/c1-7-3-4-8(13)5-9(7)11-10(14)6-16-12(15-2)17-11/h3-6H,1-2H3,(H,15,16,17). The van der Waals surface area contributed by atoms with Gasteiger partial charge in [0.25, 0.3) is 0 Å². The second-order valence-electron chi connectivity index (χ2n) is 3.60. The van der Waals surface area contributed by atoms with Gasteiger partial charge in [-0.2, -0.15) is 0 Å². The molecule has 88 valence electrons. The lowest BCUT2D eigenvalue weighted by Crippen LogP contribution is -2.00. The second-order valence-corrected chi connectivity index (χ2v) is 3.60. The van der Waals surface area contributed by atoms with Gasteiger partial charge in [-0.3, -0.25) is 0 Å². The number of rotatable bonds is 2. The van der Waals surface area contributed by atoms with Gasteiger partial charge in [-0.15, -0.1) is 0 Å². The molecule has 1 aromatic carbocycles. The normalized spacial score (nSPS) is 10.4. The Hall–Kier alpha value is -2.04. The van der Waals surface area contributed by atoms with E-state index in [1.54, 1.807) is 20.0 Å². The highest BCUT2D eigenvalue weighted by molar-refractivity contribution is 5.64. The maximum absolute atomic E-state index is 13.6. The molecule has 0 aliphatic carbocycles. The number of aromatic nitrogens is 2. The molecule has 2 aromatic rings. The van der Waals surface area contributed by atoms with Crippen LogP contribution < -0.4 is 5.32 Å². The molecule has 1 aromatic heterocycles. The van der Waals surface area contributed by atoms with Crippen LogP contribution in [0.2, 0.25) is 0 Å². The molecule has 17 heavy (non-hydrogen) atoms. The van der Waals surface area contributed by atoms with Crippen molar-refractivity contribution in [3.63, 3.8) is 0 Å². The van der Waals surface area contributed by atoms with Gasteiger partial charge in [-0.1, -0.05) is 6.07 Å². The zero-order valence-electron chi connectivity index (χ0n) is 9.46. The topological polar surface area (TPSA) is 37.8 Å². The minimum Gasteiger partial charge on any atom is -0.357 e. The molecule has 0 spiro atoms. The molecular weight excluding hydrogens is 224 g/mol. The minimum absolute atomic E-state index is 0.0985.